The van der Waals surface area contributed by atoms with Crippen LogP contribution >= 0.6 is 11.6 Å². The number of carbonyl (C=O) groups excluding carboxylic acids is 1. The number of rotatable bonds is 10. The molecule has 4 rings (SSSR count). The molecule has 0 saturated carbocycles. The van der Waals surface area contributed by atoms with E-state index in [2.05, 4.69) is 30.9 Å². The SMILES string of the molecule is CC(NC(=O)C(C)(C)Oc1ccc(CF)cn1)C(Cc1ccc(Cl)cc1)c1cccc(-c2nn[nH]n2)c1. The molecule has 10 heteroatoms. The maximum atomic E-state index is 13.3. The fourth-order valence-corrected chi connectivity index (χ4v) is 4.12. The van der Waals surface area contributed by atoms with E-state index in [0.717, 1.165) is 16.7 Å². The molecule has 2 atom stereocenters. The van der Waals surface area contributed by atoms with E-state index in [9.17, 15) is 9.18 Å². The van der Waals surface area contributed by atoms with Gasteiger partial charge in [-0.05, 0) is 67.8 Å². The molecule has 0 bridgehead atoms. The molecule has 0 aliphatic heterocycles. The number of aromatic amines is 1. The molecule has 37 heavy (non-hydrogen) atoms. The Morgan fingerprint density at radius 1 is 1.14 bits per heavy atom. The number of benzene rings is 2. The molecule has 192 valence electrons. The number of tetrazole rings is 1. The van der Waals surface area contributed by atoms with Crippen LogP contribution in [0.3, 0.4) is 0 Å². The summed E-state index contributed by atoms with van der Waals surface area (Å²) < 4.78 is 18.7. The van der Waals surface area contributed by atoms with Gasteiger partial charge >= 0.3 is 0 Å². The fraction of sp³-hybridized carbons (Fsp3) is 0.296. The quantitative estimate of drug-likeness (QED) is 0.301. The van der Waals surface area contributed by atoms with Crippen LogP contribution in [0.15, 0.2) is 66.9 Å². The number of pyridine rings is 1. The summed E-state index contributed by atoms with van der Waals surface area (Å²) in [6, 6.07) is 18.4. The standard InChI is InChI=1S/C27H28ClFN6O2/c1-17(31-26(36)27(2,3)37-24-12-9-19(15-29)16-30-24)23(13-18-7-10-22(28)11-8-18)20-5-4-6-21(14-20)25-32-34-35-33-25/h4-12,14,16-17,23H,13,15H2,1-3H3,(H,31,36)(H,32,33,34,35). The molecular formula is C27H28ClFN6O2. The zero-order valence-corrected chi connectivity index (χ0v) is 21.5. The Bertz CT molecular complexity index is 1310. The van der Waals surface area contributed by atoms with Gasteiger partial charge in [-0.2, -0.15) is 5.21 Å². The molecule has 1 amide bonds. The highest BCUT2D eigenvalue weighted by atomic mass is 35.5. The minimum Gasteiger partial charge on any atom is -0.462 e. The van der Waals surface area contributed by atoms with E-state index in [1.165, 1.54) is 6.20 Å². The van der Waals surface area contributed by atoms with Crippen molar-refractivity contribution in [3.63, 3.8) is 0 Å². The summed E-state index contributed by atoms with van der Waals surface area (Å²) in [5, 5.41) is 18.1. The van der Waals surface area contributed by atoms with Crippen LogP contribution in [0.25, 0.3) is 11.4 Å². The van der Waals surface area contributed by atoms with Crippen LogP contribution in [-0.2, 0) is 17.9 Å². The summed E-state index contributed by atoms with van der Waals surface area (Å²) >= 11 is 6.09. The van der Waals surface area contributed by atoms with Gasteiger partial charge in [0, 0.05) is 40.4 Å². The minimum absolute atomic E-state index is 0.0882. The molecule has 2 unspecified atom stereocenters. The molecule has 2 N–H and O–H groups in total. The van der Waals surface area contributed by atoms with Gasteiger partial charge in [-0.1, -0.05) is 41.9 Å². The average Bonchev–Trinajstić information content (AvgIpc) is 3.44. The number of halogens is 2. The van der Waals surface area contributed by atoms with E-state index in [0.29, 0.717) is 22.8 Å². The first-order valence-corrected chi connectivity index (χ1v) is 12.2. The summed E-state index contributed by atoms with van der Waals surface area (Å²) in [5.41, 5.74) is 2.13. The van der Waals surface area contributed by atoms with E-state index >= 15 is 0 Å². The number of hydrogen-bond acceptors (Lipinski definition) is 6. The molecule has 2 aromatic heterocycles. The predicted octanol–water partition coefficient (Wildman–Crippen LogP) is 5.07. The van der Waals surface area contributed by atoms with Gasteiger partial charge in [-0.25, -0.2) is 9.37 Å². The van der Waals surface area contributed by atoms with Crippen LogP contribution in [0.5, 0.6) is 5.88 Å². The van der Waals surface area contributed by atoms with E-state index in [-0.39, 0.29) is 23.7 Å². The zero-order chi connectivity index (χ0) is 26.4. The third-order valence-corrected chi connectivity index (χ3v) is 6.36. The third kappa shape index (κ3) is 6.68. The molecule has 0 aliphatic rings. The van der Waals surface area contributed by atoms with Crippen molar-refractivity contribution in [2.24, 2.45) is 0 Å². The monoisotopic (exact) mass is 522 g/mol. The molecule has 8 nitrogen and oxygen atoms in total. The Morgan fingerprint density at radius 3 is 2.54 bits per heavy atom. The summed E-state index contributed by atoms with van der Waals surface area (Å²) in [7, 11) is 0. The number of alkyl halides is 1. The van der Waals surface area contributed by atoms with Gasteiger partial charge in [-0.3, -0.25) is 4.79 Å². The first kappa shape index (κ1) is 26.2. The van der Waals surface area contributed by atoms with E-state index < -0.39 is 12.3 Å². The minimum atomic E-state index is -1.21. The van der Waals surface area contributed by atoms with Crippen molar-refractivity contribution < 1.29 is 13.9 Å². The van der Waals surface area contributed by atoms with Crippen LogP contribution in [0, 0.1) is 0 Å². The lowest BCUT2D eigenvalue weighted by molar-refractivity contribution is -0.135. The van der Waals surface area contributed by atoms with Crippen molar-refractivity contribution in [3.05, 3.63) is 88.6 Å². The van der Waals surface area contributed by atoms with E-state index in [1.807, 2.05) is 55.5 Å². The Kier molecular flexibility index (Phi) is 8.13. The summed E-state index contributed by atoms with van der Waals surface area (Å²) in [4.78, 5) is 17.4. The van der Waals surface area contributed by atoms with Crippen molar-refractivity contribution >= 4 is 17.5 Å². The van der Waals surface area contributed by atoms with Crippen molar-refractivity contribution in [3.8, 4) is 17.3 Å². The number of nitrogens with zero attached hydrogens (tertiary/aromatic N) is 4. The van der Waals surface area contributed by atoms with Gasteiger partial charge in [0.15, 0.2) is 5.60 Å². The van der Waals surface area contributed by atoms with Crippen molar-refractivity contribution in [2.45, 2.75) is 51.4 Å². The normalized spacial score (nSPS) is 13.1. The lowest BCUT2D eigenvalue weighted by Gasteiger charge is -2.31. The second-order valence-corrected chi connectivity index (χ2v) is 9.75. The number of hydrogen-bond donors (Lipinski definition) is 2. The Balaban J connectivity index is 1.56. The molecule has 2 aromatic carbocycles. The highest BCUT2D eigenvalue weighted by Gasteiger charge is 2.33. The zero-order valence-electron chi connectivity index (χ0n) is 20.8. The number of H-pyrrole nitrogens is 1. The van der Waals surface area contributed by atoms with Crippen LogP contribution < -0.4 is 10.1 Å². The molecular weight excluding hydrogens is 495 g/mol. The highest BCUT2D eigenvalue weighted by Crippen LogP contribution is 2.29. The summed E-state index contributed by atoms with van der Waals surface area (Å²) in [6.07, 6.45) is 2.05. The van der Waals surface area contributed by atoms with Gasteiger partial charge < -0.3 is 10.1 Å². The molecule has 0 aliphatic carbocycles. The van der Waals surface area contributed by atoms with Crippen LogP contribution in [0.4, 0.5) is 4.39 Å². The Labute approximate surface area is 219 Å². The third-order valence-electron chi connectivity index (χ3n) is 6.11. The maximum absolute atomic E-state index is 13.3. The van der Waals surface area contributed by atoms with E-state index in [4.69, 9.17) is 16.3 Å². The molecule has 0 radical (unpaired) electrons. The largest absolute Gasteiger partial charge is 0.462 e. The first-order chi connectivity index (χ1) is 17.7. The van der Waals surface area contributed by atoms with Gasteiger partial charge in [0.05, 0.1) is 0 Å². The Morgan fingerprint density at radius 2 is 1.89 bits per heavy atom. The number of aromatic nitrogens is 5. The van der Waals surface area contributed by atoms with Crippen LogP contribution in [0.2, 0.25) is 5.02 Å². The highest BCUT2D eigenvalue weighted by molar-refractivity contribution is 6.30. The number of carbonyl (C=O) groups is 1. The Hall–Kier alpha value is -3.85. The number of amides is 1. The number of nitrogens with one attached hydrogen (secondary N) is 2. The summed E-state index contributed by atoms with van der Waals surface area (Å²) in [5.74, 6) is 0.349. The van der Waals surface area contributed by atoms with Gasteiger partial charge in [0.25, 0.3) is 5.91 Å². The van der Waals surface area contributed by atoms with Crippen molar-refractivity contribution in [1.29, 1.82) is 0 Å². The maximum Gasteiger partial charge on any atom is 0.263 e. The van der Waals surface area contributed by atoms with Crippen molar-refractivity contribution in [1.82, 2.24) is 30.9 Å². The number of ether oxygens (including phenoxy) is 1. The average molecular weight is 523 g/mol. The molecule has 0 spiro atoms. The van der Waals surface area contributed by atoms with E-state index in [1.54, 1.807) is 26.0 Å². The molecule has 0 saturated heterocycles. The second kappa shape index (κ2) is 11.5. The predicted molar refractivity (Wildman–Crippen MR) is 139 cm³/mol. The van der Waals surface area contributed by atoms with Crippen LogP contribution in [-0.4, -0.2) is 43.2 Å². The molecule has 4 aromatic rings. The molecule has 2 heterocycles. The second-order valence-electron chi connectivity index (χ2n) is 9.31. The smallest absolute Gasteiger partial charge is 0.263 e. The first-order valence-electron chi connectivity index (χ1n) is 11.8. The van der Waals surface area contributed by atoms with Gasteiger partial charge in [0.1, 0.15) is 6.67 Å². The van der Waals surface area contributed by atoms with Crippen molar-refractivity contribution in [2.75, 3.05) is 0 Å². The van der Waals surface area contributed by atoms with Gasteiger partial charge in [0.2, 0.25) is 11.7 Å². The van der Waals surface area contributed by atoms with Crippen LogP contribution in [0.1, 0.15) is 43.4 Å². The topological polar surface area (TPSA) is 106 Å². The lowest BCUT2D eigenvalue weighted by Crippen LogP contribution is -2.51. The fourth-order valence-electron chi connectivity index (χ4n) is 3.99. The lowest BCUT2D eigenvalue weighted by atomic mass is 9.85. The molecule has 0 fully saturated rings. The summed E-state index contributed by atoms with van der Waals surface area (Å²) in [6.45, 7) is 4.69. The van der Waals surface area contributed by atoms with Gasteiger partial charge in [-0.15, -0.1) is 10.2 Å².